The van der Waals surface area contributed by atoms with Crippen molar-refractivity contribution in [3.05, 3.63) is 208 Å². The second-order valence-electron chi connectivity index (χ2n) is 15.5. The molecule has 2 unspecified atom stereocenters. The highest BCUT2D eigenvalue weighted by Crippen LogP contribution is 2.50. The van der Waals surface area contributed by atoms with Crippen molar-refractivity contribution in [2.24, 2.45) is 0 Å². The highest BCUT2D eigenvalue weighted by atomic mass is 16.3. The smallest absolute Gasteiger partial charge is 0.137 e. The quantitative estimate of drug-likeness (QED) is 0.180. The van der Waals surface area contributed by atoms with Crippen LogP contribution >= 0.6 is 0 Å². The zero-order valence-corrected chi connectivity index (χ0v) is 32.0. The summed E-state index contributed by atoms with van der Waals surface area (Å²) >= 11 is 0. The number of hydrogen-bond acceptors (Lipinski definition) is 3. The molecule has 0 radical (unpaired) electrons. The average Bonchev–Trinajstić information content (AvgIpc) is 3.81. The summed E-state index contributed by atoms with van der Waals surface area (Å²) in [5, 5.41) is 25.9. The number of nitriles is 2. The average molecular weight is 742 g/mol. The number of furan rings is 1. The summed E-state index contributed by atoms with van der Waals surface area (Å²) in [4.78, 5) is 0. The normalized spacial score (nSPS) is 14.7. The predicted octanol–water partition coefficient (Wildman–Crippen LogP) is 13.7. The minimum absolute atomic E-state index is 0.0559. The molecule has 0 saturated heterocycles. The molecule has 1 aliphatic carbocycles. The third-order valence-corrected chi connectivity index (χ3v) is 12.4. The van der Waals surface area contributed by atoms with Crippen LogP contribution in [0.5, 0.6) is 0 Å². The molecule has 0 bridgehead atoms. The minimum Gasteiger partial charge on any atom is -0.456 e. The van der Waals surface area contributed by atoms with E-state index in [1.165, 1.54) is 11.1 Å². The maximum atomic E-state index is 11.2. The van der Waals surface area contributed by atoms with Gasteiger partial charge in [0.1, 0.15) is 17.2 Å². The first-order valence-electron chi connectivity index (χ1n) is 19.7. The first-order valence-corrected chi connectivity index (χ1v) is 19.7. The topological polar surface area (TPSA) is 65.7 Å². The van der Waals surface area contributed by atoms with Crippen molar-refractivity contribution >= 4 is 43.7 Å². The SMILES string of the molecule is Cc1ccc(-c2ccc3c(c2)c2cc(-c4ccccc4)ccc2n3-c2ccc3c(c2)oc2ccccc23)c(C#N)c1C1c2ccccc2C(C)c2c(C#N)cccc21. The lowest BCUT2D eigenvalue weighted by molar-refractivity contribution is 0.668. The molecule has 1 aliphatic rings. The fourth-order valence-corrected chi connectivity index (χ4v) is 9.81. The van der Waals surface area contributed by atoms with Gasteiger partial charge in [-0.05, 0) is 111 Å². The first kappa shape index (κ1) is 33.7. The molecule has 2 aromatic heterocycles. The number of hydrogen-bond donors (Lipinski definition) is 0. The summed E-state index contributed by atoms with van der Waals surface area (Å²) in [5.74, 6) is -0.141. The van der Waals surface area contributed by atoms with Crippen LogP contribution < -0.4 is 0 Å². The molecule has 11 rings (SSSR count). The van der Waals surface area contributed by atoms with Gasteiger partial charge in [0.15, 0.2) is 0 Å². The van der Waals surface area contributed by atoms with Crippen LogP contribution in [-0.2, 0) is 0 Å². The van der Waals surface area contributed by atoms with E-state index in [2.05, 4.69) is 158 Å². The third-order valence-electron chi connectivity index (χ3n) is 12.4. The van der Waals surface area contributed by atoms with Crippen LogP contribution in [0.15, 0.2) is 168 Å². The Bertz CT molecular complexity index is 3410. The molecule has 0 spiro atoms. The Morgan fingerprint density at radius 3 is 2.00 bits per heavy atom. The van der Waals surface area contributed by atoms with Gasteiger partial charge in [0, 0.05) is 45.1 Å². The van der Waals surface area contributed by atoms with Crippen molar-refractivity contribution in [3.8, 4) is 40.1 Å². The molecule has 0 fully saturated rings. The zero-order chi connectivity index (χ0) is 39.1. The Kier molecular flexibility index (Phi) is 7.52. The van der Waals surface area contributed by atoms with Gasteiger partial charge in [-0.3, -0.25) is 0 Å². The van der Waals surface area contributed by atoms with Crippen LogP contribution in [0.3, 0.4) is 0 Å². The lowest BCUT2D eigenvalue weighted by Gasteiger charge is -2.35. The predicted molar refractivity (Wildman–Crippen MR) is 234 cm³/mol. The maximum Gasteiger partial charge on any atom is 0.137 e. The second-order valence-corrected chi connectivity index (χ2v) is 15.5. The van der Waals surface area contributed by atoms with Gasteiger partial charge in [-0.2, -0.15) is 10.5 Å². The Balaban J connectivity index is 1.15. The van der Waals surface area contributed by atoms with Crippen LogP contribution in [0, 0.1) is 29.6 Å². The van der Waals surface area contributed by atoms with E-state index in [0.717, 1.165) is 93.9 Å². The van der Waals surface area contributed by atoms with Gasteiger partial charge in [-0.1, -0.05) is 116 Å². The summed E-state index contributed by atoms with van der Waals surface area (Å²) < 4.78 is 8.69. The molecule has 0 saturated carbocycles. The van der Waals surface area contributed by atoms with E-state index in [9.17, 15) is 10.5 Å². The van der Waals surface area contributed by atoms with E-state index in [1.54, 1.807) is 0 Å². The summed E-state index contributed by atoms with van der Waals surface area (Å²) in [7, 11) is 0. The molecular formula is C54H35N3O. The Morgan fingerprint density at radius 1 is 0.517 bits per heavy atom. The van der Waals surface area contributed by atoms with Gasteiger partial charge in [0.05, 0.1) is 28.2 Å². The highest BCUT2D eigenvalue weighted by Gasteiger charge is 2.35. The van der Waals surface area contributed by atoms with E-state index in [1.807, 2.05) is 36.4 Å². The van der Waals surface area contributed by atoms with E-state index in [0.29, 0.717) is 11.1 Å². The molecule has 2 heterocycles. The molecule has 4 nitrogen and oxygen atoms in total. The largest absolute Gasteiger partial charge is 0.456 e. The standard InChI is InChI=1S/C54H35N3O/c1-32-19-23-40(47(31-56)52(32)54-43-16-7-6-14-39(43)33(2)53-37(30-55)13-10-17-44(53)54)36-21-26-49-46(28-36)45-27-35(34-11-4-3-5-12-34)20-25-48(45)57(49)38-22-24-42-41-15-8-9-18-50(41)58-51(42)29-38/h3-29,33,54H,1-2H3. The van der Waals surface area contributed by atoms with Gasteiger partial charge in [0.25, 0.3) is 0 Å². The lowest BCUT2D eigenvalue weighted by atomic mass is 9.68. The molecule has 272 valence electrons. The molecule has 8 aromatic carbocycles. The van der Waals surface area contributed by atoms with Crippen molar-refractivity contribution in [1.82, 2.24) is 4.57 Å². The van der Waals surface area contributed by atoms with Crippen LogP contribution in [0.1, 0.15) is 63.3 Å². The number of nitrogens with zero attached hydrogens (tertiary/aromatic N) is 3. The Hall–Kier alpha value is -7.66. The van der Waals surface area contributed by atoms with Gasteiger partial charge in [-0.25, -0.2) is 0 Å². The molecule has 4 heteroatoms. The second kappa shape index (κ2) is 13.0. The van der Waals surface area contributed by atoms with E-state index in [-0.39, 0.29) is 11.8 Å². The van der Waals surface area contributed by atoms with Crippen molar-refractivity contribution in [3.63, 3.8) is 0 Å². The van der Waals surface area contributed by atoms with Crippen LogP contribution in [0.4, 0.5) is 0 Å². The fourth-order valence-electron chi connectivity index (χ4n) is 9.81. The molecule has 0 N–H and O–H groups in total. The summed E-state index contributed by atoms with van der Waals surface area (Å²) in [6, 6.07) is 62.5. The van der Waals surface area contributed by atoms with Crippen LogP contribution in [0.25, 0.3) is 71.7 Å². The molecule has 58 heavy (non-hydrogen) atoms. The van der Waals surface area contributed by atoms with Crippen molar-refractivity contribution in [2.75, 3.05) is 0 Å². The lowest BCUT2D eigenvalue weighted by Crippen LogP contribution is -2.20. The number of aryl methyl sites for hydroxylation is 1. The maximum absolute atomic E-state index is 11.2. The number of benzene rings is 8. The van der Waals surface area contributed by atoms with Gasteiger partial charge in [-0.15, -0.1) is 0 Å². The minimum atomic E-state index is -0.197. The van der Waals surface area contributed by atoms with Crippen molar-refractivity contribution < 1.29 is 4.42 Å². The molecule has 0 aliphatic heterocycles. The monoisotopic (exact) mass is 741 g/mol. The Labute approximate surface area is 336 Å². The fraction of sp³-hybridized carbons (Fsp3) is 0.0741. The summed E-state index contributed by atoms with van der Waals surface area (Å²) in [5.41, 5.74) is 17.0. The van der Waals surface area contributed by atoms with Gasteiger partial charge < -0.3 is 8.98 Å². The molecule has 2 atom stereocenters. The zero-order valence-electron chi connectivity index (χ0n) is 32.0. The van der Waals surface area contributed by atoms with E-state index >= 15 is 0 Å². The number of para-hydroxylation sites is 1. The number of fused-ring (bicyclic) bond motifs is 8. The summed E-state index contributed by atoms with van der Waals surface area (Å²) in [6.45, 7) is 4.29. The van der Waals surface area contributed by atoms with Crippen molar-refractivity contribution in [2.45, 2.75) is 25.7 Å². The third kappa shape index (κ3) is 4.92. The Morgan fingerprint density at radius 2 is 1.21 bits per heavy atom. The molecule has 0 amide bonds. The van der Waals surface area contributed by atoms with Gasteiger partial charge in [0.2, 0.25) is 0 Å². The number of rotatable bonds is 4. The molecular weight excluding hydrogens is 707 g/mol. The van der Waals surface area contributed by atoms with Crippen LogP contribution in [-0.4, -0.2) is 4.57 Å². The molecule has 10 aromatic rings. The first-order chi connectivity index (χ1) is 28.5. The van der Waals surface area contributed by atoms with Crippen molar-refractivity contribution in [1.29, 1.82) is 10.5 Å². The van der Waals surface area contributed by atoms with Crippen LogP contribution in [0.2, 0.25) is 0 Å². The summed E-state index contributed by atoms with van der Waals surface area (Å²) in [6.07, 6.45) is 0. The van der Waals surface area contributed by atoms with E-state index < -0.39 is 0 Å². The van der Waals surface area contributed by atoms with E-state index in [4.69, 9.17) is 4.42 Å². The highest BCUT2D eigenvalue weighted by molar-refractivity contribution is 6.12. The number of aromatic nitrogens is 1. The van der Waals surface area contributed by atoms with Gasteiger partial charge >= 0.3 is 0 Å².